The summed E-state index contributed by atoms with van der Waals surface area (Å²) in [5, 5.41) is 0. The molecule has 0 bridgehead atoms. The predicted octanol–water partition coefficient (Wildman–Crippen LogP) is 3.82. The molecule has 2 rings (SSSR count). The third-order valence-electron chi connectivity index (χ3n) is 3.11. The van der Waals surface area contributed by atoms with Crippen LogP contribution < -0.4 is 9.46 Å². The van der Waals surface area contributed by atoms with Gasteiger partial charge in [0.05, 0.1) is 23.3 Å². The molecule has 0 aliphatic carbocycles. The van der Waals surface area contributed by atoms with Gasteiger partial charge in [-0.1, -0.05) is 17.7 Å². The average molecular weight is 345 g/mol. The molecular formula is C15H14F3NO3S. The molecule has 0 fully saturated rings. The highest BCUT2D eigenvalue weighted by Gasteiger charge is 2.35. The molecule has 2 aromatic rings. The lowest BCUT2D eigenvalue weighted by atomic mass is 10.1. The topological polar surface area (TPSA) is 55.4 Å². The Morgan fingerprint density at radius 3 is 2.17 bits per heavy atom. The van der Waals surface area contributed by atoms with Crippen LogP contribution in [0, 0.1) is 6.92 Å². The highest BCUT2D eigenvalue weighted by Crippen LogP contribution is 2.37. The maximum atomic E-state index is 13.1. The number of halogens is 3. The van der Waals surface area contributed by atoms with Gasteiger partial charge < -0.3 is 4.74 Å². The largest absolute Gasteiger partial charge is 0.497 e. The molecule has 0 aromatic heterocycles. The van der Waals surface area contributed by atoms with Crippen LogP contribution in [0.4, 0.5) is 18.9 Å². The maximum absolute atomic E-state index is 13.1. The van der Waals surface area contributed by atoms with Crippen LogP contribution in [0.3, 0.4) is 0 Å². The van der Waals surface area contributed by atoms with Crippen molar-refractivity contribution in [3.05, 3.63) is 53.6 Å². The van der Waals surface area contributed by atoms with Crippen LogP contribution in [-0.4, -0.2) is 15.5 Å². The molecule has 8 heteroatoms. The third-order valence-corrected chi connectivity index (χ3v) is 4.49. The van der Waals surface area contributed by atoms with Crippen molar-refractivity contribution in [1.29, 1.82) is 0 Å². The van der Waals surface area contributed by atoms with Crippen molar-refractivity contribution in [2.75, 3.05) is 11.8 Å². The Morgan fingerprint density at radius 2 is 1.65 bits per heavy atom. The van der Waals surface area contributed by atoms with Gasteiger partial charge in [-0.25, -0.2) is 8.42 Å². The summed E-state index contributed by atoms with van der Waals surface area (Å²) in [5.41, 5.74) is -0.837. The predicted molar refractivity (Wildman–Crippen MR) is 80.0 cm³/mol. The van der Waals surface area contributed by atoms with Gasteiger partial charge in [0.25, 0.3) is 10.0 Å². The summed E-state index contributed by atoms with van der Waals surface area (Å²) in [6.45, 7) is 1.77. The van der Waals surface area contributed by atoms with E-state index in [1.54, 1.807) is 19.1 Å². The van der Waals surface area contributed by atoms with Crippen LogP contribution >= 0.6 is 0 Å². The van der Waals surface area contributed by atoms with Crippen LogP contribution in [0.15, 0.2) is 47.4 Å². The summed E-state index contributed by atoms with van der Waals surface area (Å²) >= 11 is 0. The maximum Gasteiger partial charge on any atom is 0.418 e. The highest BCUT2D eigenvalue weighted by atomic mass is 32.2. The highest BCUT2D eigenvalue weighted by molar-refractivity contribution is 7.92. The van der Waals surface area contributed by atoms with E-state index in [1.807, 2.05) is 4.72 Å². The van der Waals surface area contributed by atoms with Crippen molar-refractivity contribution >= 4 is 15.7 Å². The monoisotopic (exact) mass is 345 g/mol. The number of rotatable bonds is 4. The normalized spacial score (nSPS) is 12.0. The van der Waals surface area contributed by atoms with E-state index in [2.05, 4.69) is 0 Å². The Balaban J connectivity index is 2.45. The molecule has 0 unspecified atom stereocenters. The zero-order chi connectivity index (χ0) is 17.3. The number of aryl methyl sites for hydroxylation is 1. The third kappa shape index (κ3) is 3.95. The fourth-order valence-corrected chi connectivity index (χ4v) is 2.97. The Labute approximate surface area is 132 Å². The molecule has 0 atom stereocenters. The van der Waals surface area contributed by atoms with Crippen molar-refractivity contribution in [3.63, 3.8) is 0 Å². The summed E-state index contributed by atoms with van der Waals surface area (Å²) in [4.78, 5) is -0.118. The van der Waals surface area contributed by atoms with Crippen LogP contribution in [0.5, 0.6) is 5.75 Å². The minimum absolute atomic E-state index is 0.0180. The number of hydrogen-bond acceptors (Lipinski definition) is 3. The quantitative estimate of drug-likeness (QED) is 0.916. The number of anilines is 1. The van der Waals surface area contributed by atoms with E-state index in [0.29, 0.717) is 0 Å². The lowest BCUT2D eigenvalue weighted by molar-refractivity contribution is -0.137. The van der Waals surface area contributed by atoms with E-state index in [4.69, 9.17) is 4.74 Å². The van der Waals surface area contributed by atoms with Crippen molar-refractivity contribution in [3.8, 4) is 5.75 Å². The molecule has 0 saturated carbocycles. The van der Waals surface area contributed by atoms with Crippen molar-refractivity contribution < 1.29 is 26.3 Å². The zero-order valence-electron chi connectivity index (χ0n) is 12.3. The first-order chi connectivity index (χ1) is 10.6. The van der Waals surface area contributed by atoms with Crippen molar-refractivity contribution in [2.24, 2.45) is 0 Å². The van der Waals surface area contributed by atoms with E-state index in [1.165, 1.54) is 25.3 Å². The first kappa shape index (κ1) is 17.1. The zero-order valence-corrected chi connectivity index (χ0v) is 13.1. The fraction of sp³-hybridized carbons (Fsp3) is 0.200. The van der Waals surface area contributed by atoms with Gasteiger partial charge in [-0.2, -0.15) is 13.2 Å². The first-order valence-electron chi connectivity index (χ1n) is 6.48. The molecule has 0 aliphatic heterocycles. The van der Waals surface area contributed by atoms with Crippen LogP contribution in [-0.2, 0) is 16.2 Å². The first-order valence-corrected chi connectivity index (χ1v) is 7.96. The molecule has 0 heterocycles. The fourth-order valence-electron chi connectivity index (χ4n) is 1.89. The molecule has 0 amide bonds. The molecule has 0 saturated heterocycles. The summed E-state index contributed by atoms with van der Waals surface area (Å²) in [6, 6.07) is 8.80. The summed E-state index contributed by atoms with van der Waals surface area (Å²) in [5.74, 6) is -0.0180. The average Bonchev–Trinajstić information content (AvgIpc) is 2.46. The molecule has 23 heavy (non-hydrogen) atoms. The van der Waals surface area contributed by atoms with Gasteiger partial charge in [0.1, 0.15) is 5.75 Å². The van der Waals surface area contributed by atoms with Gasteiger partial charge in [0.15, 0.2) is 0 Å². The molecule has 0 spiro atoms. The van der Waals surface area contributed by atoms with E-state index >= 15 is 0 Å². The van der Waals surface area contributed by atoms with Crippen LogP contribution in [0.1, 0.15) is 11.1 Å². The SMILES string of the molecule is COc1ccc(NS(=O)(=O)c2ccc(C)cc2)c(C(F)(F)F)c1. The molecule has 124 valence electrons. The Kier molecular flexibility index (Phi) is 4.56. The van der Waals surface area contributed by atoms with E-state index in [9.17, 15) is 21.6 Å². The number of ether oxygens (including phenoxy) is 1. The lowest BCUT2D eigenvalue weighted by Crippen LogP contribution is -2.17. The Bertz CT molecular complexity index is 800. The molecule has 0 radical (unpaired) electrons. The Morgan fingerprint density at radius 1 is 1.04 bits per heavy atom. The summed E-state index contributed by atoms with van der Waals surface area (Å²) in [6.07, 6.45) is -4.72. The van der Waals surface area contributed by atoms with Crippen molar-refractivity contribution in [1.82, 2.24) is 0 Å². The number of sulfonamides is 1. The Hall–Kier alpha value is -2.22. The molecular weight excluding hydrogens is 331 g/mol. The molecule has 1 N–H and O–H groups in total. The van der Waals surface area contributed by atoms with Gasteiger partial charge >= 0.3 is 6.18 Å². The van der Waals surface area contributed by atoms with Gasteiger partial charge in [-0.05, 0) is 37.3 Å². The van der Waals surface area contributed by atoms with Gasteiger partial charge in [-0.15, -0.1) is 0 Å². The number of methoxy groups -OCH3 is 1. The number of benzene rings is 2. The number of alkyl halides is 3. The lowest BCUT2D eigenvalue weighted by Gasteiger charge is -2.16. The molecule has 0 aliphatic rings. The number of hydrogen-bond donors (Lipinski definition) is 1. The smallest absolute Gasteiger partial charge is 0.418 e. The number of nitrogens with one attached hydrogen (secondary N) is 1. The second-order valence-corrected chi connectivity index (χ2v) is 6.51. The van der Waals surface area contributed by atoms with E-state index < -0.39 is 27.5 Å². The van der Waals surface area contributed by atoms with E-state index in [-0.39, 0.29) is 10.6 Å². The second-order valence-electron chi connectivity index (χ2n) is 4.83. The minimum Gasteiger partial charge on any atom is -0.497 e. The summed E-state index contributed by atoms with van der Waals surface area (Å²) in [7, 11) is -2.90. The van der Waals surface area contributed by atoms with Gasteiger partial charge in [0, 0.05) is 0 Å². The minimum atomic E-state index is -4.72. The molecule has 2 aromatic carbocycles. The van der Waals surface area contributed by atoms with Crippen LogP contribution in [0.2, 0.25) is 0 Å². The van der Waals surface area contributed by atoms with Gasteiger partial charge in [-0.3, -0.25) is 4.72 Å². The van der Waals surface area contributed by atoms with Crippen LogP contribution in [0.25, 0.3) is 0 Å². The van der Waals surface area contributed by atoms with Crippen molar-refractivity contribution in [2.45, 2.75) is 18.0 Å². The standard InChI is InChI=1S/C15H14F3NO3S/c1-10-3-6-12(7-4-10)23(20,21)19-14-8-5-11(22-2)9-13(14)15(16,17)18/h3-9,19H,1-2H3. The second kappa shape index (κ2) is 6.11. The van der Waals surface area contributed by atoms with E-state index in [0.717, 1.165) is 17.7 Å². The summed E-state index contributed by atoms with van der Waals surface area (Å²) < 4.78 is 70.5. The molecule has 4 nitrogen and oxygen atoms in total. The van der Waals surface area contributed by atoms with Gasteiger partial charge in [0.2, 0.25) is 0 Å².